The van der Waals surface area contributed by atoms with E-state index in [1.807, 2.05) is 36.4 Å². The van der Waals surface area contributed by atoms with Crippen molar-refractivity contribution in [2.75, 3.05) is 12.4 Å². The van der Waals surface area contributed by atoms with Crippen LogP contribution in [0.15, 0.2) is 42.6 Å². The number of rotatable bonds is 4. The van der Waals surface area contributed by atoms with Crippen LogP contribution >= 0.6 is 0 Å². The molecule has 1 aliphatic carbocycles. The van der Waals surface area contributed by atoms with Gasteiger partial charge in [0, 0.05) is 30.2 Å². The van der Waals surface area contributed by atoms with Gasteiger partial charge in [-0.2, -0.15) is 0 Å². The molecule has 6 heteroatoms. The van der Waals surface area contributed by atoms with Gasteiger partial charge >= 0.3 is 0 Å². The van der Waals surface area contributed by atoms with E-state index in [4.69, 9.17) is 0 Å². The van der Waals surface area contributed by atoms with Crippen molar-refractivity contribution in [1.82, 2.24) is 15.3 Å². The van der Waals surface area contributed by atoms with Gasteiger partial charge in [0.25, 0.3) is 5.91 Å². The van der Waals surface area contributed by atoms with E-state index >= 15 is 0 Å². The third-order valence-corrected chi connectivity index (χ3v) is 4.41. The first-order valence-corrected chi connectivity index (χ1v) is 8.27. The second kappa shape index (κ2) is 6.05. The van der Waals surface area contributed by atoms with Crippen molar-refractivity contribution in [3.63, 3.8) is 0 Å². The number of pyridine rings is 1. The van der Waals surface area contributed by atoms with Crippen LogP contribution < -0.4 is 10.6 Å². The second-order valence-electron chi connectivity index (χ2n) is 6.20. The number of hydrogen-bond acceptors (Lipinski definition) is 3. The Morgan fingerprint density at radius 2 is 1.96 bits per heavy atom. The summed E-state index contributed by atoms with van der Waals surface area (Å²) >= 11 is 0. The van der Waals surface area contributed by atoms with E-state index < -0.39 is 0 Å². The number of fused-ring (bicyclic) bond motifs is 1. The number of aromatic amines is 1. The zero-order valence-corrected chi connectivity index (χ0v) is 13.8. The lowest BCUT2D eigenvalue weighted by Crippen LogP contribution is -2.19. The van der Waals surface area contributed by atoms with Gasteiger partial charge in [-0.3, -0.25) is 9.59 Å². The normalized spacial score (nSPS) is 13.6. The van der Waals surface area contributed by atoms with Crippen LogP contribution in [0.3, 0.4) is 0 Å². The van der Waals surface area contributed by atoms with Gasteiger partial charge in [-0.15, -0.1) is 0 Å². The summed E-state index contributed by atoms with van der Waals surface area (Å²) in [6, 6.07) is 11.7. The number of carbonyl (C=O) groups excluding carboxylic acids is 2. The minimum atomic E-state index is -0.212. The summed E-state index contributed by atoms with van der Waals surface area (Å²) in [6.07, 6.45) is 3.35. The monoisotopic (exact) mass is 334 g/mol. The molecule has 0 aliphatic heterocycles. The summed E-state index contributed by atoms with van der Waals surface area (Å²) in [7, 11) is 1.59. The summed E-state index contributed by atoms with van der Waals surface area (Å²) in [5.74, 6) is 0.314. The minimum absolute atomic E-state index is 0.0163. The van der Waals surface area contributed by atoms with Crippen molar-refractivity contribution in [2.24, 2.45) is 5.92 Å². The molecule has 1 fully saturated rings. The Balaban J connectivity index is 1.84. The molecule has 2 aromatic heterocycles. The third kappa shape index (κ3) is 2.87. The molecule has 3 aromatic rings. The molecule has 0 atom stereocenters. The molecular formula is C19H18N4O2. The van der Waals surface area contributed by atoms with Gasteiger partial charge in [0.1, 0.15) is 0 Å². The Kier molecular flexibility index (Phi) is 3.72. The number of anilines is 1. The zero-order chi connectivity index (χ0) is 17.4. The van der Waals surface area contributed by atoms with E-state index in [2.05, 4.69) is 20.6 Å². The lowest BCUT2D eigenvalue weighted by Gasteiger charge is -2.07. The molecule has 4 rings (SSSR count). The van der Waals surface area contributed by atoms with Crippen LogP contribution in [0.4, 0.5) is 5.82 Å². The second-order valence-corrected chi connectivity index (χ2v) is 6.20. The fourth-order valence-electron chi connectivity index (χ4n) is 2.86. The van der Waals surface area contributed by atoms with Crippen LogP contribution in [-0.4, -0.2) is 28.8 Å². The fourth-order valence-corrected chi connectivity index (χ4v) is 2.86. The molecule has 1 aromatic carbocycles. The first-order chi connectivity index (χ1) is 12.2. The van der Waals surface area contributed by atoms with Crippen molar-refractivity contribution in [2.45, 2.75) is 12.8 Å². The summed E-state index contributed by atoms with van der Waals surface area (Å²) in [5, 5.41) is 6.25. The number of aromatic nitrogens is 2. The van der Waals surface area contributed by atoms with Crippen LogP contribution in [0.1, 0.15) is 23.2 Å². The van der Waals surface area contributed by atoms with Crippen molar-refractivity contribution in [3.8, 4) is 11.3 Å². The number of nitrogens with zero attached hydrogens (tertiary/aromatic N) is 1. The highest BCUT2D eigenvalue weighted by Gasteiger charge is 2.30. The number of amides is 2. The molecule has 25 heavy (non-hydrogen) atoms. The number of benzene rings is 1. The molecule has 2 amide bonds. The molecular weight excluding hydrogens is 316 g/mol. The molecule has 0 unspecified atom stereocenters. The van der Waals surface area contributed by atoms with Gasteiger partial charge in [0.2, 0.25) is 5.91 Å². The zero-order valence-electron chi connectivity index (χ0n) is 13.8. The number of H-pyrrole nitrogens is 1. The highest BCUT2D eigenvalue weighted by molar-refractivity contribution is 6.11. The Morgan fingerprint density at radius 1 is 1.20 bits per heavy atom. The van der Waals surface area contributed by atoms with Crippen LogP contribution in [0, 0.1) is 5.92 Å². The van der Waals surface area contributed by atoms with E-state index in [0.29, 0.717) is 16.9 Å². The van der Waals surface area contributed by atoms with Gasteiger partial charge in [0.05, 0.1) is 11.1 Å². The van der Waals surface area contributed by atoms with E-state index in [9.17, 15) is 9.59 Å². The minimum Gasteiger partial charge on any atom is -0.355 e. The number of carbonyl (C=O) groups is 2. The lowest BCUT2D eigenvalue weighted by atomic mass is 10.1. The topological polar surface area (TPSA) is 86.9 Å². The van der Waals surface area contributed by atoms with Gasteiger partial charge in [-0.1, -0.05) is 30.3 Å². The molecule has 0 saturated heterocycles. The molecule has 1 aliphatic rings. The van der Waals surface area contributed by atoms with E-state index in [-0.39, 0.29) is 17.7 Å². The Hall–Kier alpha value is -3.15. The smallest absolute Gasteiger partial charge is 0.253 e. The van der Waals surface area contributed by atoms with Crippen molar-refractivity contribution in [1.29, 1.82) is 0 Å². The Labute approximate surface area is 144 Å². The van der Waals surface area contributed by atoms with E-state index in [0.717, 1.165) is 29.5 Å². The predicted octanol–water partition coefficient (Wildman–Crippen LogP) is 2.94. The SMILES string of the molecule is CNC(=O)c1cnc(NC(=O)C2CC2)c2[nH]c(-c3ccccc3)cc12. The Bertz CT molecular complexity index is 958. The first-order valence-electron chi connectivity index (χ1n) is 8.27. The molecule has 0 radical (unpaired) electrons. The molecule has 3 N–H and O–H groups in total. The van der Waals surface area contributed by atoms with Gasteiger partial charge in [0.15, 0.2) is 5.82 Å². The van der Waals surface area contributed by atoms with Crippen LogP contribution in [-0.2, 0) is 4.79 Å². The van der Waals surface area contributed by atoms with Crippen LogP contribution in [0.25, 0.3) is 22.2 Å². The highest BCUT2D eigenvalue weighted by atomic mass is 16.2. The first kappa shape index (κ1) is 15.4. The largest absolute Gasteiger partial charge is 0.355 e. The maximum Gasteiger partial charge on any atom is 0.253 e. The number of nitrogens with one attached hydrogen (secondary N) is 3. The predicted molar refractivity (Wildman–Crippen MR) is 96.3 cm³/mol. The molecule has 0 spiro atoms. The summed E-state index contributed by atoms with van der Waals surface area (Å²) < 4.78 is 0. The molecule has 2 heterocycles. The van der Waals surface area contributed by atoms with Crippen molar-refractivity contribution < 1.29 is 9.59 Å². The third-order valence-electron chi connectivity index (χ3n) is 4.41. The summed E-state index contributed by atoms with van der Waals surface area (Å²) in [5.41, 5.74) is 3.01. The molecule has 0 bridgehead atoms. The fraction of sp³-hybridized carbons (Fsp3) is 0.211. The average Bonchev–Trinajstić information content (AvgIpc) is 3.40. The van der Waals surface area contributed by atoms with E-state index in [1.165, 1.54) is 6.20 Å². The Morgan fingerprint density at radius 3 is 2.64 bits per heavy atom. The van der Waals surface area contributed by atoms with Gasteiger partial charge < -0.3 is 15.6 Å². The lowest BCUT2D eigenvalue weighted by molar-refractivity contribution is -0.117. The molecule has 126 valence electrons. The summed E-state index contributed by atoms with van der Waals surface area (Å²) in [6.45, 7) is 0. The van der Waals surface area contributed by atoms with E-state index in [1.54, 1.807) is 7.05 Å². The highest BCUT2D eigenvalue weighted by Crippen LogP contribution is 2.33. The standard InChI is InChI=1S/C19H18N4O2/c1-20-19(25)14-10-21-17(23-18(24)12-7-8-12)16-13(14)9-15(22-16)11-5-3-2-4-6-11/h2-6,9-10,12,22H,7-8H2,1H3,(H,20,25)(H,21,23,24). The number of hydrogen-bond donors (Lipinski definition) is 3. The molecule has 6 nitrogen and oxygen atoms in total. The maximum atomic E-state index is 12.2. The van der Waals surface area contributed by atoms with Crippen LogP contribution in [0.5, 0.6) is 0 Å². The average molecular weight is 334 g/mol. The summed E-state index contributed by atoms with van der Waals surface area (Å²) in [4.78, 5) is 31.9. The van der Waals surface area contributed by atoms with Gasteiger partial charge in [-0.25, -0.2) is 4.98 Å². The quantitative estimate of drug-likeness (QED) is 0.685. The maximum absolute atomic E-state index is 12.2. The molecule has 1 saturated carbocycles. The van der Waals surface area contributed by atoms with Crippen LogP contribution in [0.2, 0.25) is 0 Å². The van der Waals surface area contributed by atoms with Crippen molar-refractivity contribution in [3.05, 3.63) is 48.2 Å². The van der Waals surface area contributed by atoms with Crippen molar-refractivity contribution >= 4 is 28.5 Å². The van der Waals surface area contributed by atoms with Gasteiger partial charge in [-0.05, 0) is 24.5 Å².